The molecule has 238 valence electrons. The molecule has 0 aromatic heterocycles. The summed E-state index contributed by atoms with van der Waals surface area (Å²) in [5.41, 5.74) is 3.91. The van der Waals surface area contributed by atoms with Gasteiger partial charge in [-0.15, -0.1) is 0 Å². The summed E-state index contributed by atoms with van der Waals surface area (Å²) in [7, 11) is 3.17. The van der Waals surface area contributed by atoms with Gasteiger partial charge in [0.2, 0.25) is 5.91 Å². The van der Waals surface area contributed by atoms with Crippen molar-refractivity contribution in [1.29, 1.82) is 0 Å². The second-order valence-corrected chi connectivity index (χ2v) is 11.3. The number of thioether (sulfide) groups is 1. The minimum atomic E-state index is -0.981. The number of nitrogens with two attached hydrogens (primary N) is 1. The lowest BCUT2D eigenvalue weighted by molar-refractivity contribution is -0.142. The molecular weight excluding hydrogens is 544 g/mol. The number of carboxylic acid groups (broad SMARTS) is 2. The lowest BCUT2D eigenvalue weighted by Gasteiger charge is -2.33. The van der Waals surface area contributed by atoms with Crippen molar-refractivity contribution in [3.05, 3.63) is 0 Å². The summed E-state index contributed by atoms with van der Waals surface area (Å²) in [6.07, 6.45) is 5.22. The number of nitrogens with zero attached hydrogens (tertiary/aromatic N) is 1. The smallest absolute Gasteiger partial charge is 0.320 e. The Hall–Kier alpha value is -1.81. The van der Waals surface area contributed by atoms with Crippen LogP contribution in [0.5, 0.6) is 0 Å². The SMILES string of the molecule is CNCC(=O)O.COC(C)(C)CO.CSC1CC(=O)N(CCC(C)C)C1(C)O.NC(CCCNCC=O)C(=O)O. The van der Waals surface area contributed by atoms with Gasteiger partial charge in [-0.3, -0.25) is 14.4 Å². The molecule has 14 heteroatoms. The minimum absolute atomic E-state index is 0.0113. The van der Waals surface area contributed by atoms with E-state index in [0.29, 0.717) is 44.8 Å². The van der Waals surface area contributed by atoms with E-state index in [9.17, 15) is 24.3 Å². The van der Waals surface area contributed by atoms with Crippen molar-refractivity contribution in [1.82, 2.24) is 15.5 Å². The van der Waals surface area contributed by atoms with E-state index < -0.39 is 23.7 Å². The molecule has 0 aromatic rings. The van der Waals surface area contributed by atoms with Crippen LogP contribution in [0.3, 0.4) is 0 Å². The Labute approximate surface area is 243 Å². The molecular formula is C26H54N4O9S. The van der Waals surface area contributed by atoms with Crippen molar-refractivity contribution >= 4 is 35.9 Å². The molecule has 0 saturated carbocycles. The van der Waals surface area contributed by atoms with Gasteiger partial charge >= 0.3 is 11.9 Å². The second-order valence-electron chi connectivity index (χ2n) is 10.3. The molecule has 1 aliphatic heterocycles. The number of hydrogen-bond donors (Lipinski definition) is 7. The predicted molar refractivity (Wildman–Crippen MR) is 157 cm³/mol. The van der Waals surface area contributed by atoms with E-state index >= 15 is 0 Å². The molecule has 0 radical (unpaired) electrons. The van der Waals surface area contributed by atoms with Gasteiger partial charge in [-0.1, -0.05) is 13.8 Å². The highest BCUT2D eigenvalue weighted by molar-refractivity contribution is 7.99. The number of aliphatic hydroxyl groups excluding tert-OH is 1. The average molecular weight is 599 g/mol. The molecule has 8 N–H and O–H groups in total. The van der Waals surface area contributed by atoms with Crippen molar-refractivity contribution in [2.24, 2.45) is 11.7 Å². The standard InChI is InChI=1S/C11H21NO2S.C7H14N2O3.C5H12O2.C3H7NO2/c1-8(2)5-6-12-10(13)7-9(15-4)11(12,3)14;8-6(7(11)12)2-1-3-9-4-5-10;1-5(2,4-6)7-3;1-4-2-3(5)6/h8-9,14H,5-7H2,1-4H3;5-6,9H,1-4,8H2,(H,11,12);6H,4H2,1-3H3;4H,2H2,1H3,(H,5,6). The molecule has 1 aliphatic rings. The molecule has 1 rings (SSSR count). The largest absolute Gasteiger partial charge is 0.480 e. The molecule has 40 heavy (non-hydrogen) atoms. The Balaban J connectivity index is -0.000000489. The Morgan fingerprint density at radius 3 is 2.17 bits per heavy atom. The van der Waals surface area contributed by atoms with Gasteiger partial charge in [-0.25, -0.2) is 0 Å². The zero-order chi connectivity index (χ0) is 31.9. The van der Waals surface area contributed by atoms with Gasteiger partial charge in [-0.2, -0.15) is 11.8 Å². The van der Waals surface area contributed by atoms with Crippen molar-refractivity contribution < 1.29 is 44.3 Å². The Kier molecular flexibility index (Phi) is 25.4. The number of aldehydes is 1. The van der Waals surface area contributed by atoms with Crippen LogP contribution in [0, 0.1) is 5.92 Å². The summed E-state index contributed by atoms with van der Waals surface area (Å²) in [4.78, 5) is 42.9. The van der Waals surface area contributed by atoms with E-state index in [2.05, 4.69) is 24.5 Å². The number of aliphatic carboxylic acids is 2. The molecule has 0 aromatic carbocycles. The molecule has 13 nitrogen and oxygen atoms in total. The first kappa shape index (κ1) is 42.7. The highest BCUT2D eigenvalue weighted by Crippen LogP contribution is 2.35. The van der Waals surface area contributed by atoms with Crippen LogP contribution in [0.2, 0.25) is 0 Å². The number of aliphatic hydroxyl groups is 2. The maximum atomic E-state index is 11.7. The highest BCUT2D eigenvalue weighted by Gasteiger charge is 2.47. The number of nitrogens with one attached hydrogen (secondary N) is 2. The van der Waals surface area contributed by atoms with Crippen LogP contribution in [0.25, 0.3) is 0 Å². The van der Waals surface area contributed by atoms with Crippen LogP contribution < -0.4 is 16.4 Å². The number of methoxy groups -OCH3 is 1. The Morgan fingerprint density at radius 2 is 1.88 bits per heavy atom. The molecule has 3 atom stereocenters. The van der Waals surface area contributed by atoms with E-state index in [0.717, 1.165) is 12.7 Å². The van der Waals surface area contributed by atoms with Gasteiger partial charge in [0.1, 0.15) is 18.1 Å². The van der Waals surface area contributed by atoms with Crippen LogP contribution in [-0.2, 0) is 23.9 Å². The third-order valence-corrected chi connectivity index (χ3v) is 6.89. The first-order valence-corrected chi connectivity index (χ1v) is 14.5. The summed E-state index contributed by atoms with van der Waals surface area (Å²) < 4.78 is 4.84. The number of rotatable bonds is 15. The first-order chi connectivity index (χ1) is 18.5. The van der Waals surface area contributed by atoms with Gasteiger partial charge in [0.25, 0.3) is 0 Å². The number of ether oxygens (including phenoxy) is 1. The number of likely N-dealkylation sites (tertiary alicyclic amines) is 1. The molecule has 1 amide bonds. The lowest BCUT2D eigenvalue weighted by atomic mass is 10.1. The van der Waals surface area contributed by atoms with E-state index in [1.807, 2.05) is 20.1 Å². The van der Waals surface area contributed by atoms with Crippen LogP contribution in [0.1, 0.15) is 60.3 Å². The zero-order valence-electron chi connectivity index (χ0n) is 25.4. The molecule has 0 spiro atoms. The van der Waals surface area contributed by atoms with Crippen LogP contribution in [-0.4, -0.2) is 125 Å². The first-order valence-electron chi connectivity index (χ1n) is 13.2. The second kappa shape index (κ2) is 23.9. The van der Waals surface area contributed by atoms with E-state index in [1.54, 1.807) is 37.7 Å². The topological polar surface area (TPSA) is 212 Å². The molecule has 1 saturated heterocycles. The third-order valence-electron chi connectivity index (χ3n) is 5.71. The van der Waals surface area contributed by atoms with Crippen LogP contribution in [0.4, 0.5) is 0 Å². The maximum Gasteiger partial charge on any atom is 0.320 e. The van der Waals surface area contributed by atoms with E-state index in [-0.39, 0.29) is 29.9 Å². The van der Waals surface area contributed by atoms with Crippen molar-refractivity contribution in [3.8, 4) is 0 Å². The summed E-state index contributed by atoms with van der Waals surface area (Å²) in [5.74, 6) is -1.16. The quantitative estimate of drug-likeness (QED) is 0.100. The number of likely N-dealkylation sites (N-methyl/N-ethyl adjacent to an activating group) is 1. The monoisotopic (exact) mass is 598 g/mol. The maximum absolute atomic E-state index is 11.7. The normalized spacial score (nSPS) is 18.9. The number of carbonyl (C=O) groups is 4. The van der Waals surface area contributed by atoms with Crippen molar-refractivity contribution in [2.45, 2.75) is 82.9 Å². The average Bonchev–Trinajstić information content (AvgIpc) is 3.10. The molecule has 1 fully saturated rings. The summed E-state index contributed by atoms with van der Waals surface area (Å²) in [6.45, 7) is 11.4. The predicted octanol–water partition coefficient (Wildman–Crippen LogP) is 0.366. The molecule has 3 unspecified atom stereocenters. The fraction of sp³-hybridized carbons (Fsp3) is 0.846. The van der Waals surface area contributed by atoms with E-state index in [1.165, 1.54) is 0 Å². The minimum Gasteiger partial charge on any atom is -0.480 e. The summed E-state index contributed by atoms with van der Waals surface area (Å²) >= 11 is 1.57. The lowest BCUT2D eigenvalue weighted by Crippen LogP contribution is -2.48. The van der Waals surface area contributed by atoms with E-state index in [4.69, 9.17) is 25.8 Å². The summed E-state index contributed by atoms with van der Waals surface area (Å²) in [5, 5.41) is 40.3. The van der Waals surface area contributed by atoms with Crippen molar-refractivity contribution in [3.63, 3.8) is 0 Å². The third kappa shape index (κ3) is 21.9. The molecule has 1 heterocycles. The van der Waals surface area contributed by atoms with Gasteiger partial charge in [0, 0.05) is 20.1 Å². The zero-order valence-corrected chi connectivity index (χ0v) is 26.3. The number of carbonyl (C=O) groups excluding carboxylic acids is 2. The van der Waals surface area contributed by atoms with Crippen LogP contribution >= 0.6 is 11.8 Å². The van der Waals surface area contributed by atoms with Crippen LogP contribution in [0.15, 0.2) is 0 Å². The van der Waals surface area contributed by atoms with Crippen molar-refractivity contribution in [2.75, 3.05) is 53.2 Å². The number of amides is 1. The summed E-state index contributed by atoms with van der Waals surface area (Å²) in [6, 6.07) is -0.789. The Morgan fingerprint density at radius 1 is 1.30 bits per heavy atom. The number of hydrogen-bond acceptors (Lipinski definition) is 11. The van der Waals surface area contributed by atoms with Gasteiger partial charge in [0.15, 0.2) is 0 Å². The fourth-order valence-corrected chi connectivity index (χ4v) is 3.76. The highest BCUT2D eigenvalue weighted by atomic mass is 32.2. The number of carboxylic acids is 2. The molecule has 0 aliphatic carbocycles. The van der Waals surface area contributed by atoms with Gasteiger partial charge in [0.05, 0.1) is 30.5 Å². The molecule has 0 bridgehead atoms. The Bertz CT molecular complexity index is 704. The van der Waals surface area contributed by atoms with Gasteiger partial charge < -0.3 is 51.2 Å². The fourth-order valence-electron chi connectivity index (χ4n) is 2.88. The van der Waals surface area contributed by atoms with Gasteiger partial charge in [-0.05, 0) is 65.8 Å².